The molecule has 0 aliphatic carbocycles. The molecule has 1 atom stereocenters. The number of ether oxygens (including phenoxy) is 2. The Morgan fingerprint density at radius 2 is 1.73 bits per heavy atom. The Morgan fingerprint density at radius 3 is 2.31 bits per heavy atom. The zero-order valence-corrected chi connectivity index (χ0v) is 14.3. The van der Waals surface area contributed by atoms with Gasteiger partial charge in [-0.2, -0.15) is 0 Å². The highest BCUT2D eigenvalue weighted by Gasteiger charge is 2.21. The second-order valence-corrected chi connectivity index (χ2v) is 6.06. The molecule has 2 aromatic rings. The molecule has 2 aromatic carbocycles. The van der Waals surface area contributed by atoms with E-state index in [1.165, 1.54) is 12.3 Å². The van der Waals surface area contributed by atoms with Crippen LogP contribution < -0.4 is 20.5 Å². The SMILES string of the molecule is N=C(C=CN)c1ccc(Oc2ccc(OCC3CNC(=O)C3)cc2)cc1. The number of benzene rings is 2. The number of allylic oxidation sites excluding steroid dienone is 1. The Hall–Kier alpha value is -3.28. The first-order valence-electron chi connectivity index (χ1n) is 8.39. The van der Waals surface area contributed by atoms with Gasteiger partial charge in [-0.15, -0.1) is 0 Å². The lowest BCUT2D eigenvalue weighted by atomic mass is 10.1. The Balaban J connectivity index is 1.53. The molecule has 134 valence electrons. The van der Waals surface area contributed by atoms with Gasteiger partial charge < -0.3 is 25.9 Å². The number of hydrogen-bond donors (Lipinski definition) is 3. The number of nitrogens with two attached hydrogens (primary N) is 1. The van der Waals surface area contributed by atoms with Gasteiger partial charge in [0.15, 0.2) is 0 Å². The maximum Gasteiger partial charge on any atom is 0.220 e. The smallest absolute Gasteiger partial charge is 0.220 e. The van der Waals surface area contributed by atoms with Crippen molar-refractivity contribution in [3.8, 4) is 17.2 Å². The van der Waals surface area contributed by atoms with Gasteiger partial charge in [0.25, 0.3) is 0 Å². The summed E-state index contributed by atoms with van der Waals surface area (Å²) in [5.74, 6) is 2.43. The maximum atomic E-state index is 11.2. The molecule has 6 nitrogen and oxygen atoms in total. The predicted molar refractivity (Wildman–Crippen MR) is 99.7 cm³/mol. The first-order valence-corrected chi connectivity index (χ1v) is 8.39. The minimum atomic E-state index is 0.0857. The van der Waals surface area contributed by atoms with Crippen LogP contribution in [0.4, 0.5) is 0 Å². The number of nitrogens with one attached hydrogen (secondary N) is 2. The van der Waals surface area contributed by atoms with Crippen molar-refractivity contribution in [2.45, 2.75) is 6.42 Å². The molecule has 6 heteroatoms. The summed E-state index contributed by atoms with van der Waals surface area (Å²) in [7, 11) is 0. The van der Waals surface area contributed by atoms with Crippen molar-refractivity contribution in [2.24, 2.45) is 11.7 Å². The number of rotatable bonds is 7. The van der Waals surface area contributed by atoms with Crippen molar-refractivity contribution >= 4 is 11.6 Å². The van der Waals surface area contributed by atoms with Crippen LogP contribution in [0.3, 0.4) is 0 Å². The second kappa shape index (κ2) is 8.20. The molecule has 1 aliphatic heterocycles. The van der Waals surface area contributed by atoms with Crippen molar-refractivity contribution in [3.63, 3.8) is 0 Å². The van der Waals surface area contributed by atoms with Crippen LogP contribution in [0.1, 0.15) is 12.0 Å². The predicted octanol–water partition coefficient (Wildman–Crippen LogP) is 2.83. The molecule has 1 saturated heterocycles. The van der Waals surface area contributed by atoms with E-state index in [1.54, 1.807) is 0 Å². The van der Waals surface area contributed by atoms with E-state index in [1.807, 2.05) is 48.5 Å². The zero-order valence-electron chi connectivity index (χ0n) is 14.3. The lowest BCUT2D eigenvalue weighted by molar-refractivity contribution is -0.119. The molecule has 1 amide bonds. The summed E-state index contributed by atoms with van der Waals surface area (Å²) in [6.45, 7) is 1.19. The Kier molecular flexibility index (Phi) is 5.53. The topological polar surface area (TPSA) is 97.4 Å². The van der Waals surface area contributed by atoms with Gasteiger partial charge in [-0.25, -0.2) is 0 Å². The lowest BCUT2D eigenvalue weighted by Gasteiger charge is -2.11. The van der Waals surface area contributed by atoms with Gasteiger partial charge in [-0.05, 0) is 66.4 Å². The summed E-state index contributed by atoms with van der Waals surface area (Å²) in [5.41, 5.74) is 6.41. The first kappa shape index (κ1) is 17.5. The van der Waals surface area contributed by atoms with Gasteiger partial charge in [0.1, 0.15) is 17.2 Å². The van der Waals surface area contributed by atoms with Crippen LogP contribution in [0.15, 0.2) is 60.8 Å². The molecule has 1 unspecified atom stereocenters. The molecule has 1 aliphatic rings. The fourth-order valence-electron chi connectivity index (χ4n) is 2.63. The number of carbonyl (C=O) groups is 1. The average molecular weight is 351 g/mol. The van der Waals surface area contributed by atoms with Gasteiger partial charge in [0.2, 0.25) is 5.91 Å². The standard InChI is InChI=1S/C20H21N3O3/c21-10-9-19(22)15-1-3-17(4-2-15)26-18-7-5-16(6-8-18)25-13-14-11-20(24)23-12-14/h1-10,14,22H,11-13,21H2,(H,23,24). The van der Waals surface area contributed by atoms with E-state index in [2.05, 4.69) is 5.32 Å². The second-order valence-electron chi connectivity index (χ2n) is 6.06. The first-order chi connectivity index (χ1) is 12.6. The van der Waals surface area contributed by atoms with Crippen molar-refractivity contribution in [1.82, 2.24) is 5.32 Å². The van der Waals surface area contributed by atoms with Crippen molar-refractivity contribution in [3.05, 3.63) is 66.4 Å². The Bertz CT molecular complexity index is 798. The van der Waals surface area contributed by atoms with Crippen LogP contribution >= 0.6 is 0 Å². The summed E-state index contributed by atoms with van der Waals surface area (Å²) in [5, 5.41) is 10.6. The molecule has 3 rings (SSSR count). The normalized spacial score (nSPS) is 16.5. The molecule has 0 spiro atoms. The quantitative estimate of drug-likeness (QED) is 0.668. The fourth-order valence-corrected chi connectivity index (χ4v) is 2.63. The molecule has 0 radical (unpaired) electrons. The van der Waals surface area contributed by atoms with Crippen molar-refractivity contribution in [2.75, 3.05) is 13.2 Å². The fraction of sp³-hybridized carbons (Fsp3) is 0.200. The maximum absolute atomic E-state index is 11.2. The van der Waals surface area contributed by atoms with E-state index >= 15 is 0 Å². The van der Waals surface area contributed by atoms with Gasteiger partial charge in [-0.1, -0.05) is 0 Å². The number of amides is 1. The van der Waals surface area contributed by atoms with Gasteiger partial charge in [0, 0.05) is 18.9 Å². The van der Waals surface area contributed by atoms with E-state index in [0.717, 1.165) is 11.3 Å². The molecular formula is C20H21N3O3. The largest absolute Gasteiger partial charge is 0.493 e. The molecule has 0 saturated carbocycles. The van der Waals surface area contributed by atoms with Crippen molar-refractivity contribution < 1.29 is 14.3 Å². The van der Waals surface area contributed by atoms with Crippen LogP contribution in [0.5, 0.6) is 17.2 Å². The molecular weight excluding hydrogens is 330 g/mol. The molecule has 0 aromatic heterocycles. The average Bonchev–Trinajstić information content (AvgIpc) is 3.07. The molecule has 1 fully saturated rings. The van der Waals surface area contributed by atoms with Gasteiger partial charge >= 0.3 is 0 Å². The highest BCUT2D eigenvalue weighted by atomic mass is 16.5. The van der Waals surface area contributed by atoms with Gasteiger partial charge in [0.05, 0.1) is 12.3 Å². The minimum Gasteiger partial charge on any atom is -0.493 e. The van der Waals surface area contributed by atoms with E-state index < -0.39 is 0 Å². The summed E-state index contributed by atoms with van der Waals surface area (Å²) in [4.78, 5) is 11.2. The summed E-state index contributed by atoms with van der Waals surface area (Å²) in [6.07, 6.45) is 3.40. The number of carbonyl (C=O) groups excluding carboxylic acids is 1. The third-order valence-electron chi connectivity index (χ3n) is 4.04. The van der Waals surface area contributed by atoms with E-state index in [9.17, 15) is 4.79 Å². The highest BCUT2D eigenvalue weighted by molar-refractivity contribution is 6.06. The lowest BCUT2D eigenvalue weighted by Crippen LogP contribution is -2.16. The monoisotopic (exact) mass is 351 g/mol. The third-order valence-corrected chi connectivity index (χ3v) is 4.04. The third kappa shape index (κ3) is 4.63. The van der Waals surface area contributed by atoms with Crippen molar-refractivity contribution in [1.29, 1.82) is 5.41 Å². The summed E-state index contributed by atoms with van der Waals surface area (Å²) >= 11 is 0. The Labute approximate surface area is 152 Å². The van der Waals surface area contributed by atoms with E-state index in [4.69, 9.17) is 20.6 Å². The van der Waals surface area contributed by atoms with Crippen LogP contribution in [-0.4, -0.2) is 24.8 Å². The zero-order chi connectivity index (χ0) is 18.4. The molecule has 0 bridgehead atoms. The summed E-state index contributed by atoms with van der Waals surface area (Å²) < 4.78 is 11.5. The van der Waals surface area contributed by atoms with E-state index in [0.29, 0.717) is 36.8 Å². The highest BCUT2D eigenvalue weighted by Crippen LogP contribution is 2.25. The minimum absolute atomic E-state index is 0.0857. The number of hydrogen-bond acceptors (Lipinski definition) is 5. The molecule has 26 heavy (non-hydrogen) atoms. The van der Waals surface area contributed by atoms with Crippen LogP contribution in [0.25, 0.3) is 0 Å². The summed E-state index contributed by atoms with van der Waals surface area (Å²) in [6, 6.07) is 14.6. The van der Waals surface area contributed by atoms with Crippen LogP contribution in [0, 0.1) is 11.3 Å². The van der Waals surface area contributed by atoms with E-state index in [-0.39, 0.29) is 11.8 Å². The van der Waals surface area contributed by atoms with Gasteiger partial charge in [-0.3, -0.25) is 4.79 Å². The van der Waals surface area contributed by atoms with Crippen LogP contribution in [-0.2, 0) is 4.79 Å². The molecule has 1 heterocycles. The van der Waals surface area contributed by atoms with Crippen LogP contribution in [0.2, 0.25) is 0 Å². The molecule has 4 N–H and O–H groups in total. The Morgan fingerprint density at radius 1 is 1.12 bits per heavy atom.